The smallest absolute Gasteiger partial charge is 0.255 e. The van der Waals surface area contributed by atoms with E-state index in [4.69, 9.17) is 0 Å². The number of anilines is 1. The van der Waals surface area contributed by atoms with Crippen LogP contribution in [0, 0.1) is 26.7 Å². The minimum absolute atomic E-state index is 0.0772. The Hall–Kier alpha value is -3.41. The molecule has 1 fully saturated rings. The van der Waals surface area contributed by atoms with Crippen molar-refractivity contribution in [2.75, 3.05) is 5.32 Å². The Morgan fingerprint density at radius 2 is 1.77 bits per heavy atom. The van der Waals surface area contributed by atoms with Crippen LogP contribution in [-0.4, -0.2) is 21.6 Å². The van der Waals surface area contributed by atoms with Gasteiger partial charge >= 0.3 is 0 Å². The number of nitrogens with one attached hydrogen (secondary N) is 2. The lowest BCUT2D eigenvalue weighted by Gasteiger charge is -2.09. The van der Waals surface area contributed by atoms with Gasteiger partial charge in [-0.1, -0.05) is 42.0 Å². The Labute approximate surface area is 182 Å². The lowest BCUT2D eigenvalue weighted by atomic mass is 10.1. The number of aryl methyl sites for hydroxylation is 2. The molecular weight excluding hydrogens is 388 g/mol. The zero-order valence-corrected chi connectivity index (χ0v) is 18.2. The number of rotatable bonds is 7. The van der Waals surface area contributed by atoms with E-state index in [-0.39, 0.29) is 17.7 Å². The van der Waals surface area contributed by atoms with Gasteiger partial charge in [-0.3, -0.25) is 14.3 Å². The van der Waals surface area contributed by atoms with Crippen LogP contribution in [0.1, 0.15) is 51.3 Å². The quantitative estimate of drug-likeness (QED) is 0.608. The van der Waals surface area contributed by atoms with E-state index < -0.39 is 0 Å². The molecule has 0 atom stereocenters. The number of carbonyl (C=O) groups excluding carboxylic acids is 2. The molecule has 2 aromatic carbocycles. The van der Waals surface area contributed by atoms with Gasteiger partial charge in [0.1, 0.15) is 0 Å². The molecule has 0 bridgehead atoms. The molecule has 0 radical (unpaired) electrons. The highest BCUT2D eigenvalue weighted by molar-refractivity contribution is 5.96. The van der Waals surface area contributed by atoms with Crippen LogP contribution in [0.2, 0.25) is 0 Å². The second-order valence-corrected chi connectivity index (χ2v) is 8.34. The highest BCUT2D eigenvalue weighted by Gasteiger charge is 2.29. The van der Waals surface area contributed by atoms with Gasteiger partial charge in [-0.2, -0.15) is 5.10 Å². The molecule has 1 aliphatic carbocycles. The van der Waals surface area contributed by atoms with Crippen LogP contribution in [0.15, 0.2) is 48.5 Å². The summed E-state index contributed by atoms with van der Waals surface area (Å²) in [5.74, 6) is 0.0942. The molecule has 160 valence electrons. The third-order valence-electron chi connectivity index (χ3n) is 5.66. The fourth-order valence-corrected chi connectivity index (χ4v) is 3.67. The summed E-state index contributed by atoms with van der Waals surface area (Å²) in [5.41, 5.74) is 6.24. The average molecular weight is 417 g/mol. The molecule has 31 heavy (non-hydrogen) atoms. The number of aromatic nitrogens is 2. The highest BCUT2D eigenvalue weighted by atomic mass is 16.2. The fourth-order valence-electron chi connectivity index (χ4n) is 3.67. The zero-order chi connectivity index (χ0) is 22.0. The van der Waals surface area contributed by atoms with Crippen molar-refractivity contribution in [2.45, 2.75) is 46.7 Å². The number of hydrogen-bond acceptors (Lipinski definition) is 3. The predicted molar refractivity (Wildman–Crippen MR) is 121 cm³/mol. The van der Waals surface area contributed by atoms with Crippen molar-refractivity contribution in [1.29, 1.82) is 0 Å². The maximum absolute atomic E-state index is 12.9. The second kappa shape index (κ2) is 8.76. The summed E-state index contributed by atoms with van der Waals surface area (Å²) in [6, 6.07) is 15.9. The summed E-state index contributed by atoms with van der Waals surface area (Å²) in [5, 5.41) is 10.5. The minimum atomic E-state index is -0.141. The number of nitrogens with zero attached hydrogens (tertiary/aromatic N) is 2. The highest BCUT2D eigenvalue weighted by Crippen LogP contribution is 2.30. The summed E-state index contributed by atoms with van der Waals surface area (Å²) >= 11 is 0. The predicted octanol–water partition coefficient (Wildman–Crippen LogP) is 4.14. The van der Waals surface area contributed by atoms with E-state index >= 15 is 0 Å². The molecule has 1 saturated carbocycles. The van der Waals surface area contributed by atoms with Crippen LogP contribution in [0.25, 0.3) is 0 Å². The molecule has 3 aromatic rings. The summed E-state index contributed by atoms with van der Waals surface area (Å²) in [7, 11) is 0. The van der Waals surface area contributed by atoms with Gasteiger partial charge in [-0.25, -0.2) is 0 Å². The summed E-state index contributed by atoms with van der Waals surface area (Å²) in [6.45, 7) is 6.86. The van der Waals surface area contributed by atoms with Gasteiger partial charge in [-0.05, 0) is 56.9 Å². The molecule has 2 N–H and O–H groups in total. The average Bonchev–Trinajstić information content (AvgIpc) is 3.55. The van der Waals surface area contributed by atoms with Crippen LogP contribution in [-0.2, 0) is 17.9 Å². The normalized spacial score (nSPS) is 13.1. The van der Waals surface area contributed by atoms with E-state index in [1.54, 1.807) is 0 Å². The molecule has 1 heterocycles. The lowest BCUT2D eigenvalue weighted by Crippen LogP contribution is -2.24. The molecule has 2 amide bonds. The van der Waals surface area contributed by atoms with Crippen LogP contribution >= 0.6 is 0 Å². The van der Waals surface area contributed by atoms with E-state index in [9.17, 15) is 9.59 Å². The van der Waals surface area contributed by atoms with Crippen molar-refractivity contribution >= 4 is 17.5 Å². The summed E-state index contributed by atoms with van der Waals surface area (Å²) in [6.07, 6.45) is 1.94. The van der Waals surface area contributed by atoms with Gasteiger partial charge in [0, 0.05) is 23.8 Å². The standard InChI is InChI=1S/C25H28N4O2/c1-16-7-9-19(10-8-16)15-29-18(3)23(17(2)28-29)25(31)26-14-20-5-4-6-22(13-20)27-24(30)21-11-12-21/h4-10,13,21H,11-12,14-15H2,1-3H3,(H,26,31)(H,27,30). The van der Waals surface area contributed by atoms with Crippen molar-refractivity contribution in [2.24, 2.45) is 5.92 Å². The van der Waals surface area contributed by atoms with Crippen molar-refractivity contribution in [3.8, 4) is 0 Å². The first-order valence-electron chi connectivity index (χ1n) is 10.7. The van der Waals surface area contributed by atoms with Crippen molar-refractivity contribution in [3.63, 3.8) is 0 Å². The SMILES string of the molecule is Cc1ccc(Cn2nc(C)c(C(=O)NCc3cccc(NC(=O)C4CC4)c3)c2C)cc1. The van der Waals surface area contributed by atoms with E-state index in [0.29, 0.717) is 24.3 Å². The van der Waals surface area contributed by atoms with Gasteiger partial charge in [0.25, 0.3) is 5.91 Å². The minimum Gasteiger partial charge on any atom is -0.348 e. The molecule has 1 aliphatic rings. The van der Waals surface area contributed by atoms with Gasteiger partial charge in [0.15, 0.2) is 0 Å². The van der Waals surface area contributed by atoms with E-state index in [1.807, 2.05) is 42.8 Å². The molecular formula is C25H28N4O2. The molecule has 0 unspecified atom stereocenters. The fraction of sp³-hybridized carbons (Fsp3) is 0.320. The third kappa shape index (κ3) is 5.02. The molecule has 0 spiro atoms. The summed E-state index contributed by atoms with van der Waals surface area (Å²) in [4.78, 5) is 24.9. The number of carbonyl (C=O) groups is 2. The van der Waals surface area contributed by atoms with Gasteiger partial charge in [0.2, 0.25) is 5.91 Å². The Kier molecular flexibility index (Phi) is 5.89. The Balaban J connectivity index is 1.41. The maximum atomic E-state index is 12.9. The van der Waals surface area contributed by atoms with Crippen LogP contribution < -0.4 is 10.6 Å². The first-order valence-corrected chi connectivity index (χ1v) is 10.7. The Morgan fingerprint density at radius 3 is 2.48 bits per heavy atom. The first kappa shape index (κ1) is 20.8. The molecule has 6 nitrogen and oxygen atoms in total. The van der Waals surface area contributed by atoms with Crippen LogP contribution in [0.5, 0.6) is 0 Å². The number of benzene rings is 2. The topological polar surface area (TPSA) is 76.0 Å². The molecule has 1 aromatic heterocycles. The van der Waals surface area contributed by atoms with Crippen molar-refractivity contribution in [1.82, 2.24) is 15.1 Å². The monoisotopic (exact) mass is 416 g/mol. The van der Waals surface area contributed by atoms with Crippen molar-refractivity contribution < 1.29 is 9.59 Å². The number of hydrogen-bond donors (Lipinski definition) is 2. The second-order valence-electron chi connectivity index (χ2n) is 8.34. The van der Waals surface area contributed by atoms with Gasteiger partial charge < -0.3 is 10.6 Å². The maximum Gasteiger partial charge on any atom is 0.255 e. The van der Waals surface area contributed by atoms with E-state index in [0.717, 1.165) is 35.3 Å². The molecule has 0 aliphatic heterocycles. The van der Waals surface area contributed by atoms with E-state index in [1.165, 1.54) is 5.56 Å². The van der Waals surface area contributed by atoms with Crippen molar-refractivity contribution in [3.05, 3.63) is 82.2 Å². The zero-order valence-electron chi connectivity index (χ0n) is 18.2. The largest absolute Gasteiger partial charge is 0.348 e. The molecule has 6 heteroatoms. The summed E-state index contributed by atoms with van der Waals surface area (Å²) < 4.78 is 1.88. The number of amides is 2. The van der Waals surface area contributed by atoms with Crippen LogP contribution in [0.4, 0.5) is 5.69 Å². The third-order valence-corrected chi connectivity index (χ3v) is 5.66. The first-order chi connectivity index (χ1) is 14.9. The lowest BCUT2D eigenvalue weighted by molar-refractivity contribution is -0.117. The molecule has 0 saturated heterocycles. The van der Waals surface area contributed by atoms with Crippen LogP contribution in [0.3, 0.4) is 0 Å². The Morgan fingerprint density at radius 1 is 1.03 bits per heavy atom. The Bertz CT molecular complexity index is 1110. The molecule has 4 rings (SSSR count). The van der Waals surface area contributed by atoms with E-state index in [2.05, 4.69) is 46.9 Å². The van der Waals surface area contributed by atoms with Gasteiger partial charge in [-0.15, -0.1) is 0 Å². The van der Waals surface area contributed by atoms with Gasteiger partial charge in [0.05, 0.1) is 17.8 Å².